The van der Waals surface area contributed by atoms with Crippen molar-refractivity contribution < 1.29 is 9.59 Å². The highest BCUT2D eigenvalue weighted by Gasteiger charge is 2.35. The zero-order valence-electron chi connectivity index (χ0n) is 22.0. The number of halogens is 1. The van der Waals surface area contributed by atoms with Gasteiger partial charge in [-0.25, -0.2) is 4.98 Å². The second-order valence-corrected chi connectivity index (χ2v) is 10.2. The lowest BCUT2D eigenvalue weighted by Crippen LogP contribution is -2.34. The van der Waals surface area contributed by atoms with Crippen molar-refractivity contribution >= 4 is 46.2 Å². The van der Waals surface area contributed by atoms with Crippen molar-refractivity contribution in [1.82, 2.24) is 14.5 Å². The van der Waals surface area contributed by atoms with Crippen LogP contribution in [0, 0.1) is 0 Å². The molecule has 1 aromatic heterocycles. The number of carbonyl (C=O) groups excluding carboxylic acids is 2. The van der Waals surface area contributed by atoms with Gasteiger partial charge in [-0.1, -0.05) is 41.9 Å². The minimum absolute atomic E-state index is 0.00869. The molecule has 0 spiro atoms. The van der Waals surface area contributed by atoms with Crippen molar-refractivity contribution in [2.45, 2.75) is 12.5 Å². The van der Waals surface area contributed by atoms with Gasteiger partial charge in [0.15, 0.2) is 0 Å². The lowest BCUT2D eigenvalue weighted by Gasteiger charge is -2.20. The Morgan fingerprint density at radius 2 is 1.79 bits per heavy atom. The second-order valence-electron chi connectivity index (χ2n) is 9.79. The largest absolute Gasteiger partial charge is 0.333 e. The fraction of sp³-hybridized carbons (Fsp3) is 0.200. The number of nitrogens with zero attached hydrogens (tertiary/aromatic N) is 5. The SMILES string of the molecule is CN(C)CC(=O)N(C)c1ccc(N=C(c2ccc(Cn3ccnc3)cc2)C2C(=O)Nc3cc(Cl)ccc32)cc1. The molecule has 0 radical (unpaired) electrons. The molecule has 2 heterocycles. The summed E-state index contributed by atoms with van der Waals surface area (Å²) in [5.74, 6) is -0.759. The zero-order valence-corrected chi connectivity index (χ0v) is 22.8. The van der Waals surface area contributed by atoms with E-state index >= 15 is 0 Å². The Morgan fingerprint density at radius 3 is 2.46 bits per heavy atom. The first-order chi connectivity index (χ1) is 18.8. The van der Waals surface area contributed by atoms with Crippen LogP contribution in [-0.4, -0.2) is 59.7 Å². The molecule has 3 aromatic carbocycles. The smallest absolute Gasteiger partial charge is 0.240 e. The van der Waals surface area contributed by atoms with Crippen molar-refractivity contribution in [2.75, 3.05) is 37.9 Å². The molecular formula is C30H29ClN6O2. The summed E-state index contributed by atoms with van der Waals surface area (Å²) in [6, 6.07) is 20.9. The van der Waals surface area contributed by atoms with Crippen LogP contribution in [0.25, 0.3) is 0 Å². The number of hydrogen-bond acceptors (Lipinski definition) is 5. The first kappa shape index (κ1) is 26.3. The third kappa shape index (κ3) is 5.92. The number of rotatable bonds is 8. The molecule has 5 rings (SSSR count). The molecule has 8 nitrogen and oxygen atoms in total. The molecule has 9 heteroatoms. The van der Waals surface area contributed by atoms with E-state index in [0.29, 0.717) is 35.2 Å². The van der Waals surface area contributed by atoms with E-state index in [1.807, 2.05) is 84.4 Å². The maximum Gasteiger partial charge on any atom is 0.240 e. The van der Waals surface area contributed by atoms with Gasteiger partial charge in [0.05, 0.1) is 24.3 Å². The molecule has 0 fully saturated rings. The normalized spacial score (nSPS) is 14.8. The van der Waals surface area contributed by atoms with Crippen LogP contribution < -0.4 is 10.2 Å². The molecule has 1 N–H and O–H groups in total. The van der Waals surface area contributed by atoms with Crippen LogP contribution >= 0.6 is 11.6 Å². The molecule has 1 aliphatic heterocycles. The van der Waals surface area contributed by atoms with Crippen molar-refractivity contribution in [3.63, 3.8) is 0 Å². The van der Waals surface area contributed by atoms with Gasteiger partial charge in [-0.15, -0.1) is 0 Å². The van der Waals surface area contributed by atoms with Crippen LogP contribution in [0.4, 0.5) is 17.1 Å². The summed E-state index contributed by atoms with van der Waals surface area (Å²) in [6.07, 6.45) is 5.45. The number of imidazole rings is 1. The van der Waals surface area contributed by atoms with Crippen LogP contribution in [0.2, 0.25) is 5.02 Å². The van der Waals surface area contributed by atoms with Crippen LogP contribution in [0.15, 0.2) is 90.4 Å². The summed E-state index contributed by atoms with van der Waals surface area (Å²) in [7, 11) is 5.48. The quantitative estimate of drug-likeness (QED) is 0.320. The Hall–Kier alpha value is -4.27. The molecule has 2 amide bonds. The van der Waals surface area contributed by atoms with E-state index in [-0.39, 0.29) is 11.8 Å². The van der Waals surface area contributed by atoms with E-state index in [4.69, 9.17) is 16.6 Å². The van der Waals surface area contributed by atoms with E-state index in [1.165, 1.54) is 0 Å². The summed E-state index contributed by atoms with van der Waals surface area (Å²) in [5.41, 5.74) is 5.55. The van der Waals surface area contributed by atoms with Gasteiger partial charge in [0.2, 0.25) is 11.8 Å². The molecule has 1 unspecified atom stereocenters. The minimum Gasteiger partial charge on any atom is -0.333 e. The van der Waals surface area contributed by atoms with Gasteiger partial charge in [-0.05, 0) is 67.2 Å². The number of likely N-dealkylation sites (N-methyl/N-ethyl adjacent to an activating group) is 2. The number of aromatic nitrogens is 2. The Kier molecular flexibility index (Phi) is 7.58. The Labute approximate surface area is 232 Å². The topological polar surface area (TPSA) is 82.8 Å². The number of amides is 2. The molecule has 0 aliphatic carbocycles. The summed E-state index contributed by atoms with van der Waals surface area (Å²) in [6.45, 7) is 1.01. The molecule has 0 bridgehead atoms. The van der Waals surface area contributed by atoms with Crippen molar-refractivity contribution in [3.8, 4) is 0 Å². The highest BCUT2D eigenvalue weighted by atomic mass is 35.5. The van der Waals surface area contributed by atoms with Crippen LogP contribution in [0.3, 0.4) is 0 Å². The van der Waals surface area contributed by atoms with Crippen LogP contribution in [0.1, 0.15) is 22.6 Å². The van der Waals surface area contributed by atoms with Gasteiger partial charge in [-0.2, -0.15) is 0 Å². The lowest BCUT2D eigenvalue weighted by molar-refractivity contribution is -0.119. The highest BCUT2D eigenvalue weighted by molar-refractivity contribution is 6.31. The van der Waals surface area contributed by atoms with Crippen LogP contribution in [-0.2, 0) is 16.1 Å². The second kappa shape index (κ2) is 11.2. The van der Waals surface area contributed by atoms with E-state index in [9.17, 15) is 9.59 Å². The van der Waals surface area contributed by atoms with Crippen LogP contribution in [0.5, 0.6) is 0 Å². The molecule has 198 valence electrons. The average Bonchev–Trinajstić information content (AvgIpc) is 3.54. The number of aliphatic imine (C=N–C) groups is 1. The number of benzene rings is 3. The number of carbonyl (C=O) groups is 2. The van der Waals surface area contributed by atoms with Gasteiger partial charge in [-0.3, -0.25) is 14.6 Å². The van der Waals surface area contributed by atoms with Gasteiger partial charge in [0.25, 0.3) is 0 Å². The number of fused-ring (bicyclic) bond motifs is 1. The molecule has 0 saturated carbocycles. The molecule has 4 aromatic rings. The first-order valence-corrected chi connectivity index (χ1v) is 12.9. The fourth-order valence-electron chi connectivity index (χ4n) is 4.58. The predicted octanol–water partition coefficient (Wildman–Crippen LogP) is 4.97. The van der Waals surface area contributed by atoms with E-state index < -0.39 is 5.92 Å². The summed E-state index contributed by atoms with van der Waals surface area (Å²) in [5, 5.41) is 3.51. The van der Waals surface area contributed by atoms with Crippen molar-refractivity contribution in [1.29, 1.82) is 0 Å². The summed E-state index contributed by atoms with van der Waals surface area (Å²) >= 11 is 6.19. The maximum atomic E-state index is 13.2. The zero-order chi connectivity index (χ0) is 27.5. The highest BCUT2D eigenvalue weighted by Crippen LogP contribution is 2.38. The van der Waals surface area contributed by atoms with Gasteiger partial charge in [0, 0.05) is 42.4 Å². The molecule has 39 heavy (non-hydrogen) atoms. The van der Waals surface area contributed by atoms with E-state index in [2.05, 4.69) is 10.3 Å². The van der Waals surface area contributed by atoms with Crippen molar-refractivity contribution in [2.24, 2.45) is 4.99 Å². The Bertz CT molecular complexity index is 1510. The van der Waals surface area contributed by atoms with Gasteiger partial charge < -0.3 is 19.7 Å². The third-order valence-corrected chi connectivity index (χ3v) is 6.84. The average molecular weight is 541 g/mol. The Balaban J connectivity index is 1.50. The predicted molar refractivity (Wildman–Crippen MR) is 155 cm³/mol. The van der Waals surface area contributed by atoms with Gasteiger partial charge in [0.1, 0.15) is 5.92 Å². The molecule has 0 saturated heterocycles. The first-order valence-electron chi connectivity index (χ1n) is 12.5. The fourth-order valence-corrected chi connectivity index (χ4v) is 4.76. The van der Waals surface area contributed by atoms with E-state index in [1.54, 1.807) is 36.6 Å². The third-order valence-electron chi connectivity index (χ3n) is 6.61. The summed E-state index contributed by atoms with van der Waals surface area (Å²) < 4.78 is 2.00. The maximum absolute atomic E-state index is 13.2. The van der Waals surface area contributed by atoms with Gasteiger partial charge >= 0.3 is 0 Å². The van der Waals surface area contributed by atoms with E-state index in [0.717, 1.165) is 22.4 Å². The summed E-state index contributed by atoms with van der Waals surface area (Å²) in [4.78, 5) is 38.3. The Morgan fingerprint density at radius 1 is 1.05 bits per heavy atom. The minimum atomic E-state index is -0.596. The molecular weight excluding hydrogens is 512 g/mol. The number of anilines is 2. The lowest BCUT2D eigenvalue weighted by atomic mass is 9.90. The molecule has 1 aliphatic rings. The number of nitrogens with one attached hydrogen (secondary N) is 1. The monoisotopic (exact) mass is 540 g/mol. The molecule has 1 atom stereocenters. The standard InChI is InChI=1S/C30H29ClN6O2/c1-35(2)18-27(38)36(3)24-11-9-23(10-12-24)33-29(28-25-13-8-22(31)16-26(25)34-30(28)39)21-6-4-20(5-7-21)17-37-15-14-32-19-37/h4-16,19,28H,17-18H2,1-3H3,(H,34,39). The number of hydrogen-bond donors (Lipinski definition) is 1. The van der Waals surface area contributed by atoms with Crippen molar-refractivity contribution in [3.05, 3.63) is 107 Å².